The van der Waals surface area contributed by atoms with E-state index in [0.717, 1.165) is 75.3 Å². The third-order valence-corrected chi connectivity index (χ3v) is 9.59. The van der Waals surface area contributed by atoms with Gasteiger partial charge < -0.3 is 25.4 Å². The summed E-state index contributed by atoms with van der Waals surface area (Å²) in [7, 11) is -3.26. The predicted molar refractivity (Wildman–Crippen MR) is 165 cm³/mol. The topological polar surface area (TPSA) is 176 Å². The molecule has 0 aliphatic carbocycles. The fourth-order valence-corrected chi connectivity index (χ4v) is 7.10. The number of rotatable bonds is 11. The van der Waals surface area contributed by atoms with Gasteiger partial charge in [0.15, 0.2) is 0 Å². The molecule has 0 bridgehead atoms. The Morgan fingerprint density at radius 1 is 1.16 bits per heavy atom. The van der Waals surface area contributed by atoms with Crippen LogP contribution in [0, 0.1) is 0 Å². The zero-order valence-electron chi connectivity index (χ0n) is 24.7. The number of aliphatic carboxylic acids is 1. The van der Waals surface area contributed by atoms with E-state index in [9.17, 15) is 23.1 Å². The minimum Gasteiger partial charge on any atom is -0.480 e. The first-order valence-corrected chi connectivity index (χ1v) is 16.2. The smallest absolute Gasteiger partial charge is 0.339 e. The zero-order chi connectivity index (χ0) is 31.3. The van der Waals surface area contributed by atoms with Crippen LogP contribution < -0.4 is 20.3 Å². The summed E-state index contributed by atoms with van der Waals surface area (Å²) in [6.07, 6.45) is 6.01. The quantitative estimate of drug-likeness (QED) is 0.230. The van der Waals surface area contributed by atoms with Crippen LogP contribution in [0.1, 0.15) is 59.3 Å². The van der Waals surface area contributed by atoms with Gasteiger partial charge in [0.1, 0.15) is 29.8 Å². The molecule has 0 saturated carbocycles. The average Bonchev–Trinajstić information content (AvgIpc) is 3.05. The second-order valence-corrected chi connectivity index (χ2v) is 12.5. The lowest BCUT2D eigenvalue weighted by Gasteiger charge is -2.34. The van der Waals surface area contributed by atoms with Crippen molar-refractivity contribution in [1.82, 2.24) is 19.7 Å². The maximum atomic E-state index is 13.1. The van der Waals surface area contributed by atoms with Gasteiger partial charge in [-0.05, 0) is 55.9 Å². The highest BCUT2D eigenvalue weighted by Crippen LogP contribution is 2.33. The number of nitrogens with zero attached hydrogens (tertiary/aromatic N) is 4. The van der Waals surface area contributed by atoms with Gasteiger partial charge in [0.2, 0.25) is 10.0 Å². The molecule has 1 atom stereocenters. The molecule has 14 heteroatoms. The zero-order valence-corrected chi connectivity index (χ0v) is 25.6. The minimum absolute atomic E-state index is 0.198. The van der Waals surface area contributed by atoms with E-state index in [1.165, 1.54) is 36.2 Å². The van der Waals surface area contributed by atoms with Crippen LogP contribution in [0.15, 0.2) is 47.6 Å². The van der Waals surface area contributed by atoms with E-state index in [0.29, 0.717) is 18.2 Å². The fourth-order valence-electron chi connectivity index (χ4n) is 5.72. The Balaban J connectivity index is 1.27. The molecule has 2 aliphatic heterocycles. The van der Waals surface area contributed by atoms with Crippen LogP contribution in [0.25, 0.3) is 0 Å². The molecule has 0 amide bonds. The maximum absolute atomic E-state index is 13.1. The molecule has 4 N–H and O–H groups in total. The van der Waals surface area contributed by atoms with Crippen molar-refractivity contribution in [2.75, 3.05) is 48.8 Å². The van der Waals surface area contributed by atoms with Crippen LogP contribution >= 0.6 is 0 Å². The van der Waals surface area contributed by atoms with Crippen molar-refractivity contribution in [3.8, 4) is 0 Å². The van der Waals surface area contributed by atoms with Crippen molar-refractivity contribution in [3.05, 3.63) is 65.1 Å². The molecule has 2 aromatic heterocycles. The van der Waals surface area contributed by atoms with Crippen molar-refractivity contribution in [2.45, 2.75) is 55.9 Å². The molecule has 0 unspecified atom stereocenters. The number of carboxylic acid groups (broad SMARTS) is 1. The molecule has 3 aromatic rings. The predicted octanol–water partition coefficient (Wildman–Crippen LogP) is 2.81. The summed E-state index contributed by atoms with van der Waals surface area (Å²) in [6, 6.07) is 8.23. The molecule has 1 saturated heterocycles. The third kappa shape index (κ3) is 6.76. The van der Waals surface area contributed by atoms with Crippen molar-refractivity contribution < 1.29 is 27.9 Å². The van der Waals surface area contributed by atoms with Gasteiger partial charge in [0.05, 0.1) is 17.6 Å². The Morgan fingerprint density at radius 3 is 2.66 bits per heavy atom. The van der Waals surface area contributed by atoms with Crippen LogP contribution in [-0.4, -0.2) is 79.7 Å². The first-order valence-electron chi connectivity index (χ1n) is 14.7. The summed E-state index contributed by atoms with van der Waals surface area (Å²) in [5.74, 6) is 0.309. The van der Waals surface area contributed by atoms with Gasteiger partial charge in [-0.2, -0.15) is 4.72 Å². The number of aromatic nitrogens is 3. The van der Waals surface area contributed by atoms with Crippen molar-refractivity contribution >= 4 is 39.4 Å². The number of aryl methyl sites for hydroxylation is 1. The van der Waals surface area contributed by atoms with Crippen molar-refractivity contribution in [2.24, 2.45) is 0 Å². The number of carbonyl (C=O) groups excluding carboxylic acids is 1. The summed E-state index contributed by atoms with van der Waals surface area (Å²) in [4.78, 5) is 39.9. The number of methoxy groups -OCH3 is 1. The number of benzene rings is 1. The van der Waals surface area contributed by atoms with E-state index in [2.05, 4.69) is 47.1 Å². The second kappa shape index (κ2) is 13.6. The molecule has 13 nitrogen and oxygen atoms in total. The lowest BCUT2D eigenvalue weighted by molar-refractivity contribution is -0.138. The Morgan fingerprint density at radius 2 is 1.93 bits per heavy atom. The van der Waals surface area contributed by atoms with Crippen LogP contribution in [0.3, 0.4) is 0 Å². The van der Waals surface area contributed by atoms with E-state index < -0.39 is 28.0 Å². The minimum atomic E-state index is -4.39. The molecule has 44 heavy (non-hydrogen) atoms. The van der Waals surface area contributed by atoms with E-state index in [1.807, 2.05) is 6.92 Å². The summed E-state index contributed by atoms with van der Waals surface area (Å²) in [5.41, 5.74) is 2.99. The fraction of sp³-hybridized carbons (Fsp3) is 0.433. The van der Waals surface area contributed by atoms with Crippen LogP contribution in [0.2, 0.25) is 0 Å². The van der Waals surface area contributed by atoms with Gasteiger partial charge in [-0.1, -0.05) is 25.1 Å². The number of piperidine rings is 1. The number of carboxylic acids is 1. The first kappa shape index (κ1) is 31.1. The largest absolute Gasteiger partial charge is 0.480 e. The second-order valence-electron chi connectivity index (χ2n) is 10.8. The Hall–Kier alpha value is -4.30. The van der Waals surface area contributed by atoms with Crippen LogP contribution in [-0.2, 0) is 32.4 Å². The van der Waals surface area contributed by atoms with Gasteiger partial charge in [0, 0.05) is 43.4 Å². The average molecular weight is 624 g/mol. The van der Waals surface area contributed by atoms with Gasteiger partial charge >= 0.3 is 11.9 Å². The molecular weight excluding hydrogens is 586 g/mol. The number of pyridine rings is 1. The number of esters is 1. The lowest BCUT2D eigenvalue weighted by Crippen LogP contribution is -2.45. The number of hydrogen-bond acceptors (Lipinski definition) is 11. The Kier molecular flexibility index (Phi) is 9.59. The van der Waals surface area contributed by atoms with Crippen LogP contribution in [0.4, 0.5) is 17.5 Å². The van der Waals surface area contributed by atoms with Gasteiger partial charge in [-0.25, -0.2) is 28.2 Å². The summed E-state index contributed by atoms with van der Waals surface area (Å²) >= 11 is 0. The van der Waals surface area contributed by atoms with E-state index in [4.69, 9.17) is 4.98 Å². The van der Waals surface area contributed by atoms with Crippen molar-refractivity contribution in [1.29, 1.82) is 0 Å². The number of fused-ring (bicyclic) bond motifs is 1. The van der Waals surface area contributed by atoms with Crippen molar-refractivity contribution in [3.63, 3.8) is 0 Å². The summed E-state index contributed by atoms with van der Waals surface area (Å²) in [6.45, 7) is 4.17. The maximum Gasteiger partial charge on any atom is 0.339 e. The Labute approximate surface area is 256 Å². The van der Waals surface area contributed by atoms with Gasteiger partial charge in [-0.3, -0.25) is 4.79 Å². The molecule has 0 radical (unpaired) electrons. The molecular formula is C30H37N7O6S. The molecule has 2 aliphatic rings. The highest BCUT2D eigenvalue weighted by Gasteiger charge is 2.30. The SMILES string of the molecule is CCc1c(NC[C@H](NS(=O)(=O)c2ccccc2C(=O)OC)C(=O)O)ncnc1N1CCC(c2ccc3c(n2)NCCC3)CC1. The van der Waals surface area contributed by atoms with E-state index in [-0.39, 0.29) is 17.0 Å². The standard InChI is InChI=1S/C30H37N7O6S/c1-3-21-27(32-17-24(29(38)39)36-44(41,42)25-9-5-4-8-22(25)30(40)43-2)33-18-34-28(21)37-15-12-19(13-16-37)23-11-10-20-7-6-14-31-26(20)35-23/h4-5,8-11,18-19,24,36H,3,6-7,12-17H2,1-2H3,(H,31,35)(H,38,39)(H,32,33,34)/t24-/m0/s1. The number of carbonyl (C=O) groups is 2. The molecule has 234 valence electrons. The third-order valence-electron chi connectivity index (χ3n) is 8.06. The molecule has 5 rings (SSSR count). The number of anilines is 3. The van der Waals surface area contributed by atoms with Gasteiger partial charge in [0.25, 0.3) is 0 Å². The normalized spacial score (nSPS) is 16.0. The highest BCUT2D eigenvalue weighted by atomic mass is 32.2. The molecule has 0 spiro atoms. The summed E-state index contributed by atoms with van der Waals surface area (Å²) < 4.78 is 33.1. The Bertz CT molecular complexity index is 1630. The number of sulfonamides is 1. The highest BCUT2D eigenvalue weighted by molar-refractivity contribution is 7.89. The van der Waals surface area contributed by atoms with Gasteiger partial charge in [-0.15, -0.1) is 0 Å². The molecule has 1 aromatic carbocycles. The van der Waals surface area contributed by atoms with E-state index in [1.54, 1.807) is 0 Å². The van der Waals surface area contributed by atoms with E-state index >= 15 is 0 Å². The monoisotopic (exact) mass is 623 g/mol. The number of nitrogens with one attached hydrogen (secondary N) is 3. The molecule has 1 fully saturated rings. The lowest BCUT2D eigenvalue weighted by atomic mass is 9.92. The first-order chi connectivity index (χ1) is 21.2. The molecule has 4 heterocycles. The number of hydrogen-bond donors (Lipinski definition) is 4. The van der Waals surface area contributed by atoms with Crippen LogP contribution in [0.5, 0.6) is 0 Å². The summed E-state index contributed by atoms with van der Waals surface area (Å²) in [5, 5.41) is 16.3. The number of ether oxygens (including phenoxy) is 1.